The smallest absolute Gasteiger partial charge is 0.254 e. The fourth-order valence-corrected chi connectivity index (χ4v) is 1.14. The molecule has 0 spiro atoms. The van der Waals surface area contributed by atoms with Gasteiger partial charge in [0.1, 0.15) is 5.82 Å². The average Bonchev–Trinajstić information content (AvgIpc) is 2.17. The van der Waals surface area contributed by atoms with E-state index in [4.69, 9.17) is 5.73 Å². The van der Waals surface area contributed by atoms with Crippen molar-refractivity contribution in [2.24, 2.45) is 5.73 Å². The van der Waals surface area contributed by atoms with Crippen LogP contribution in [0.5, 0.6) is 0 Å². The van der Waals surface area contributed by atoms with Crippen LogP contribution in [0.3, 0.4) is 0 Å². The highest BCUT2D eigenvalue weighted by Gasteiger charge is 2.09. The summed E-state index contributed by atoms with van der Waals surface area (Å²) in [7, 11) is 0. The number of nitrogens with one attached hydrogen (secondary N) is 1. The van der Waals surface area contributed by atoms with Gasteiger partial charge in [-0.15, -0.1) is 0 Å². The molecule has 0 saturated heterocycles. The van der Waals surface area contributed by atoms with Crippen LogP contribution in [0.2, 0.25) is 0 Å². The number of hydrogen-bond donors (Lipinski definition) is 2. The van der Waals surface area contributed by atoms with E-state index in [1.165, 1.54) is 18.2 Å². The largest absolute Gasteiger partial charge is 0.393 e. The molecule has 0 saturated carbocycles. The summed E-state index contributed by atoms with van der Waals surface area (Å²) >= 11 is 4.64. The lowest BCUT2D eigenvalue weighted by molar-refractivity contribution is 0.0951. The van der Waals surface area contributed by atoms with Crippen LogP contribution < -0.4 is 11.1 Å². The lowest BCUT2D eigenvalue weighted by atomic mass is 10.2. The maximum Gasteiger partial charge on any atom is 0.254 e. The zero-order chi connectivity index (χ0) is 11.3. The molecule has 0 fully saturated rings. The zero-order valence-corrected chi connectivity index (χ0v) is 8.81. The maximum absolute atomic E-state index is 13.1. The molecule has 0 heterocycles. The maximum atomic E-state index is 13.1. The van der Waals surface area contributed by atoms with Crippen molar-refractivity contribution in [3.8, 4) is 0 Å². The Balaban J connectivity index is 2.54. The van der Waals surface area contributed by atoms with E-state index in [-0.39, 0.29) is 5.56 Å². The molecular weight excluding hydrogens is 215 g/mol. The van der Waals surface area contributed by atoms with Gasteiger partial charge in [-0.05, 0) is 12.1 Å². The SMILES string of the molecule is NC(=S)CCNC(=O)c1ccccc1F. The third-order valence-corrected chi connectivity index (χ3v) is 1.98. The number of halogens is 1. The molecule has 1 aromatic carbocycles. The van der Waals surface area contributed by atoms with Crippen LogP contribution in [0.4, 0.5) is 4.39 Å². The Kier molecular flexibility index (Phi) is 4.17. The number of hydrogen-bond acceptors (Lipinski definition) is 2. The molecule has 0 unspecified atom stereocenters. The highest BCUT2D eigenvalue weighted by molar-refractivity contribution is 7.80. The third kappa shape index (κ3) is 3.63. The van der Waals surface area contributed by atoms with Crippen LogP contribution >= 0.6 is 12.2 Å². The highest BCUT2D eigenvalue weighted by Crippen LogP contribution is 2.05. The van der Waals surface area contributed by atoms with E-state index < -0.39 is 11.7 Å². The molecule has 15 heavy (non-hydrogen) atoms. The molecule has 0 radical (unpaired) electrons. The van der Waals surface area contributed by atoms with Crippen molar-refractivity contribution < 1.29 is 9.18 Å². The monoisotopic (exact) mass is 226 g/mol. The van der Waals surface area contributed by atoms with Crippen molar-refractivity contribution in [1.29, 1.82) is 0 Å². The van der Waals surface area contributed by atoms with E-state index in [2.05, 4.69) is 17.5 Å². The van der Waals surface area contributed by atoms with E-state index in [0.717, 1.165) is 0 Å². The number of thiocarbonyl (C=S) groups is 1. The summed E-state index contributed by atoms with van der Waals surface area (Å²) in [6, 6.07) is 5.79. The van der Waals surface area contributed by atoms with Crippen LogP contribution in [0.15, 0.2) is 24.3 Å². The molecule has 80 valence electrons. The lowest BCUT2D eigenvalue weighted by Gasteiger charge is -2.04. The summed E-state index contributed by atoms with van der Waals surface area (Å²) < 4.78 is 13.1. The van der Waals surface area contributed by atoms with Crippen LogP contribution in [0.25, 0.3) is 0 Å². The van der Waals surface area contributed by atoms with Crippen molar-refractivity contribution in [2.45, 2.75) is 6.42 Å². The topological polar surface area (TPSA) is 55.1 Å². The van der Waals surface area contributed by atoms with Gasteiger partial charge in [-0.2, -0.15) is 0 Å². The highest BCUT2D eigenvalue weighted by atomic mass is 32.1. The van der Waals surface area contributed by atoms with Gasteiger partial charge in [0.05, 0.1) is 10.6 Å². The van der Waals surface area contributed by atoms with Crippen molar-refractivity contribution in [1.82, 2.24) is 5.32 Å². The molecule has 1 amide bonds. The van der Waals surface area contributed by atoms with Gasteiger partial charge < -0.3 is 11.1 Å². The Labute approximate surface area is 92.5 Å². The summed E-state index contributed by atoms with van der Waals surface area (Å²) in [5.74, 6) is -0.991. The van der Waals surface area contributed by atoms with Gasteiger partial charge in [-0.1, -0.05) is 24.4 Å². The molecule has 0 aliphatic heterocycles. The van der Waals surface area contributed by atoms with Gasteiger partial charge in [0.25, 0.3) is 5.91 Å². The van der Waals surface area contributed by atoms with E-state index in [1.807, 2.05) is 0 Å². The zero-order valence-electron chi connectivity index (χ0n) is 8.00. The standard InChI is InChI=1S/C10H11FN2OS/c11-8-4-2-1-3-7(8)10(14)13-6-5-9(12)15/h1-4H,5-6H2,(H2,12,15)(H,13,14). The molecule has 5 heteroatoms. The summed E-state index contributed by atoms with van der Waals surface area (Å²) in [4.78, 5) is 11.7. The molecule has 0 aromatic heterocycles. The number of nitrogens with two attached hydrogens (primary N) is 1. The Hall–Kier alpha value is -1.49. The number of rotatable bonds is 4. The average molecular weight is 226 g/mol. The van der Waals surface area contributed by atoms with Crippen LogP contribution in [-0.4, -0.2) is 17.4 Å². The number of carbonyl (C=O) groups is 1. The van der Waals surface area contributed by atoms with E-state index >= 15 is 0 Å². The first-order valence-corrected chi connectivity index (χ1v) is 4.83. The van der Waals surface area contributed by atoms with Gasteiger partial charge >= 0.3 is 0 Å². The first-order chi connectivity index (χ1) is 7.11. The van der Waals surface area contributed by atoms with Crippen molar-refractivity contribution in [3.63, 3.8) is 0 Å². The van der Waals surface area contributed by atoms with Gasteiger partial charge in [0.15, 0.2) is 0 Å². The van der Waals surface area contributed by atoms with Gasteiger partial charge in [0.2, 0.25) is 0 Å². The van der Waals surface area contributed by atoms with E-state index in [9.17, 15) is 9.18 Å². The molecule has 1 aromatic rings. The Morgan fingerprint density at radius 2 is 2.13 bits per heavy atom. The first kappa shape index (κ1) is 11.6. The minimum Gasteiger partial charge on any atom is -0.393 e. The fourth-order valence-electron chi connectivity index (χ4n) is 1.04. The molecule has 3 nitrogen and oxygen atoms in total. The van der Waals surface area contributed by atoms with E-state index in [1.54, 1.807) is 6.07 Å². The minimum absolute atomic E-state index is 0.0282. The van der Waals surface area contributed by atoms with Gasteiger partial charge in [-0.3, -0.25) is 4.79 Å². The van der Waals surface area contributed by atoms with Gasteiger partial charge in [-0.25, -0.2) is 4.39 Å². The second-order valence-electron chi connectivity index (χ2n) is 2.95. The second-order valence-corrected chi connectivity index (χ2v) is 3.48. The van der Waals surface area contributed by atoms with Crippen LogP contribution in [0, 0.1) is 5.82 Å². The van der Waals surface area contributed by atoms with E-state index in [0.29, 0.717) is 18.0 Å². The molecule has 0 aliphatic rings. The second kappa shape index (κ2) is 5.41. The molecule has 1 rings (SSSR count). The van der Waals surface area contributed by atoms with Crippen molar-refractivity contribution in [2.75, 3.05) is 6.54 Å². The lowest BCUT2D eigenvalue weighted by Crippen LogP contribution is -2.27. The molecule has 3 N–H and O–H groups in total. The molecule has 0 bridgehead atoms. The summed E-state index contributed by atoms with van der Waals surface area (Å²) in [6.07, 6.45) is 0.412. The summed E-state index contributed by atoms with van der Waals surface area (Å²) in [6.45, 7) is 0.322. The summed E-state index contributed by atoms with van der Waals surface area (Å²) in [5, 5.41) is 2.52. The predicted molar refractivity (Wildman–Crippen MR) is 60.1 cm³/mol. The predicted octanol–water partition coefficient (Wildman–Crippen LogP) is 1.23. The molecule has 0 atom stereocenters. The first-order valence-electron chi connectivity index (χ1n) is 4.42. The number of amides is 1. The molecular formula is C10H11FN2OS. The summed E-state index contributed by atoms with van der Waals surface area (Å²) in [5.41, 5.74) is 5.28. The molecule has 0 aliphatic carbocycles. The van der Waals surface area contributed by atoms with Crippen LogP contribution in [0.1, 0.15) is 16.8 Å². The number of benzene rings is 1. The third-order valence-electron chi connectivity index (χ3n) is 1.78. The normalized spacial score (nSPS) is 9.67. The number of carbonyl (C=O) groups excluding carboxylic acids is 1. The Morgan fingerprint density at radius 3 is 2.73 bits per heavy atom. The van der Waals surface area contributed by atoms with Gasteiger partial charge in [0, 0.05) is 13.0 Å². The van der Waals surface area contributed by atoms with Crippen molar-refractivity contribution >= 4 is 23.1 Å². The fraction of sp³-hybridized carbons (Fsp3) is 0.200. The minimum atomic E-state index is -0.537. The van der Waals surface area contributed by atoms with Crippen LogP contribution in [-0.2, 0) is 0 Å². The Bertz CT molecular complexity index is 381. The quantitative estimate of drug-likeness (QED) is 0.759. The van der Waals surface area contributed by atoms with Crippen molar-refractivity contribution in [3.05, 3.63) is 35.6 Å². The Morgan fingerprint density at radius 1 is 1.47 bits per heavy atom.